The average molecular weight is 204 g/mol. The van der Waals surface area contributed by atoms with Gasteiger partial charge in [0.15, 0.2) is 0 Å². The first kappa shape index (κ1) is 10.5. The summed E-state index contributed by atoms with van der Waals surface area (Å²) in [5.74, 6) is 0. The summed E-state index contributed by atoms with van der Waals surface area (Å²) < 4.78 is 0. The van der Waals surface area contributed by atoms with Gasteiger partial charge in [-0.25, -0.2) is 0 Å². The Labute approximate surface area is 92.3 Å². The molecular weight excluding hydrogens is 184 g/mol. The molecule has 0 amide bonds. The zero-order valence-electron chi connectivity index (χ0n) is 9.66. The zero-order valence-corrected chi connectivity index (χ0v) is 9.66. The highest BCUT2D eigenvalue weighted by atomic mass is 15.2. The van der Waals surface area contributed by atoms with E-state index in [0.717, 1.165) is 13.1 Å². The molecule has 2 heteroatoms. The second-order valence-corrected chi connectivity index (χ2v) is 4.36. The highest BCUT2D eigenvalue weighted by molar-refractivity contribution is 5.51. The summed E-state index contributed by atoms with van der Waals surface area (Å²) in [7, 11) is 0. The van der Waals surface area contributed by atoms with E-state index < -0.39 is 0 Å². The Hall–Kier alpha value is -1.02. The van der Waals surface area contributed by atoms with Gasteiger partial charge < -0.3 is 5.32 Å². The van der Waals surface area contributed by atoms with Gasteiger partial charge in [0, 0.05) is 24.8 Å². The molecule has 0 aliphatic carbocycles. The maximum Gasteiger partial charge on any atom is 0.0386 e. The lowest BCUT2D eigenvalue weighted by molar-refractivity contribution is 0.212. The van der Waals surface area contributed by atoms with Crippen LogP contribution in [-0.2, 0) is 6.54 Å². The molecule has 0 bridgehead atoms. The summed E-state index contributed by atoms with van der Waals surface area (Å²) in [6.07, 6.45) is 1.23. The monoisotopic (exact) mass is 204 g/mol. The van der Waals surface area contributed by atoms with E-state index in [1.54, 1.807) is 0 Å². The molecule has 0 saturated carbocycles. The third-order valence-electron chi connectivity index (χ3n) is 3.11. The van der Waals surface area contributed by atoms with Gasteiger partial charge in [0.05, 0.1) is 0 Å². The van der Waals surface area contributed by atoms with Crippen molar-refractivity contribution in [2.75, 3.05) is 18.4 Å². The van der Waals surface area contributed by atoms with Crippen molar-refractivity contribution in [3.63, 3.8) is 0 Å². The molecule has 0 unspecified atom stereocenters. The van der Waals surface area contributed by atoms with E-state index in [4.69, 9.17) is 0 Å². The molecule has 0 fully saturated rings. The molecule has 1 heterocycles. The minimum atomic E-state index is 0.623. The van der Waals surface area contributed by atoms with E-state index in [9.17, 15) is 0 Å². The zero-order chi connectivity index (χ0) is 10.7. The molecular formula is C13H20N2. The lowest BCUT2D eigenvalue weighted by Crippen LogP contribution is -2.35. The van der Waals surface area contributed by atoms with E-state index >= 15 is 0 Å². The fourth-order valence-corrected chi connectivity index (χ4v) is 2.18. The van der Waals surface area contributed by atoms with Crippen LogP contribution < -0.4 is 5.32 Å². The first-order valence-electron chi connectivity index (χ1n) is 5.87. The molecule has 82 valence electrons. The van der Waals surface area contributed by atoms with E-state index in [1.807, 2.05) is 0 Å². The number of hydrogen-bond donors (Lipinski definition) is 1. The Bertz CT molecular complexity index is 322. The fraction of sp³-hybridized carbons (Fsp3) is 0.538. The summed E-state index contributed by atoms with van der Waals surface area (Å²) >= 11 is 0. The summed E-state index contributed by atoms with van der Waals surface area (Å²) in [4.78, 5) is 2.55. The van der Waals surface area contributed by atoms with E-state index in [2.05, 4.69) is 48.3 Å². The van der Waals surface area contributed by atoms with Gasteiger partial charge in [-0.05, 0) is 31.5 Å². The molecule has 1 aliphatic rings. The first-order chi connectivity index (χ1) is 7.31. The second-order valence-electron chi connectivity index (χ2n) is 4.36. The van der Waals surface area contributed by atoms with Crippen molar-refractivity contribution in [3.8, 4) is 0 Å². The van der Waals surface area contributed by atoms with Gasteiger partial charge in [-0.2, -0.15) is 0 Å². The van der Waals surface area contributed by atoms with Crippen LogP contribution in [0.2, 0.25) is 0 Å². The van der Waals surface area contributed by atoms with Gasteiger partial charge in [0.2, 0.25) is 0 Å². The Morgan fingerprint density at radius 2 is 2.20 bits per heavy atom. The van der Waals surface area contributed by atoms with Gasteiger partial charge in [-0.3, -0.25) is 4.90 Å². The predicted octanol–water partition coefficient (Wildman–Crippen LogP) is 2.71. The second kappa shape index (κ2) is 4.67. The fourth-order valence-electron chi connectivity index (χ4n) is 2.18. The standard InChI is InChI=1S/C13H20N2/c1-3-8-15-10-12-6-4-5-7-13(12)14-9-11(15)2/h4-7,11,14H,3,8-10H2,1-2H3/t11-/m0/s1. The minimum absolute atomic E-state index is 0.623. The highest BCUT2D eigenvalue weighted by Crippen LogP contribution is 2.21. The molecule has 0 radical (unpaired) electrons. The third kappa shape index (κ3) is 2.32. The van der Waals surface area contributed by atoms with Crippen LogP contribution in [0.1, 0.15) is 25.8 Å². The van der Waals surface area contributed by atoms with Crippen molar-refractivity contribution in [2.24, 2.45) is 0 Å². The summed E-state index contributed by atoms with van der Waals surface area (Å²) in [6, 6.07) is 9.25. The van der Waals surface area contributed by atoms with Crippen LogP contribution in [0.4, 0.5) is 5.69 Å². The van der Waals surface area contributed by atoms with Crippen LogP contribution in [-0.4, -0.2) is 24.0 Å². The molecule has 1 aromatic rings. The Morgan fingerprint density at radius 1 is 1.40 bits per heavy atom. The Morgan fingerprint density at radius 3 is 3.00 bits per heavy atom. The van der Waals surface area contributed by atoms with Crippen LogP contribution in [0.15, 0.2) is 24.3 Å². The number of anilines is 1. The van der Waals surface area contributed by atoms with Crippen LogP contribution in [0.5, 0.6) is 0 Å². The summed E-state index contributed by atoms with van der Waals surface area (Å²) in [6.45, 7) is 7.87. The van der Waals surface area contributed by atoms with Crippen molar-refractivity contribution >= 4 is 5.69 Å². The molecule has 1 aliphatic heterocycles. The molecule has 0 spiro atoms. The van der Waals surface area contributed by atoms with E-state index in [1.165, 1.54) is 24.2 Å². The molecule has 1 atom stereocenters. The van der Waals surface area contributed by atoms with Crippen LogP contribution in [0.25, 0.3) is 0 Å². The molecule has 1 N–H and O–H groups in total. The van der Waals surface area contributed by atoms with Gasteiger partial charge in [0.1, 0.15) is 0 Å². The van der Waals surface area contributed by atoms with Crippen LogP contribution in [0.3, 0.4) is 0 Å². The Balaban J connectivity index is 2.19. The highest BCUT2D eigenvalue weighted by Gasteiger charge is 2.18. The van der Waals surface area contributed by atoms with Crippen LogP contribution in [0, 0.1) is 0 Å². The quantitative estimate of drug-likeness (QED) is 0.797. The normalized spacial score (nSPS) is 21.6. The lowest BCUT2D eigenvalue weighted by atomic mass is 10.1. The van der Waals surface area contributed by atoms with Gasteiger partial charge in [0.25, 0.3) is 0 Å². The topological polar surface area (TPSA) is 15.3 Å². The minimum Gasteiger partial charge on any atom is -0.383 e. The van der Waals surface area contributed by atoms with Gasteiger partial charge >= 0.3 is 0 Å². The smallest absolute Gasteiger partial charge is 0.0386 e. The number of nitrogens with one attached hydrogen (secondary N) is 1. The summed E-state index contributed by atoms with van der Waals surface area (Å²) in [5, 5.41) is 3.52. The maximum absolute atomic E-state index is 3.52. The largest absolute Gasteiger partial charge is 0.383 e. The number of hydrogen-bond acceptors (Lipinski definition) is 2. The maximum atomic E-state index is 3.52. The molecule has 15 heavy (non-hydrogen) atoms. The first-order valence-corrected chi connectivity index (χ1v) is 5.87. The van der Waals surface area contributed by atoms with Crippen molar-refractivity contribution in [1.82, 2.24) is 4.90 Å². The average Bonchev–Trinajstić information content (AvgIpc) is 2.41. The third-order valence-corrected chi connectivity index (χ3v) is 3.11. The number of nitrogens with zero attached hydrogens (tertiary/aromatic N) is 1. The van der Waals surface area contributed by atoms with Crippen LogP contribution >= 0.6 is 0 Å². The van der Waals surface area contributed by atoms with Crippen molar-refractivity contribution in [1.29, 1.82) is 0 Å². The van der Waals surface area contributed by atoms with Gasteiger partial charge in [-0.15, -0.1) is 0 Å². The number of benzene rings is 1. The Kier molecular flexibility index (Phi) is 3.27. The molecule has 2 rings (SSSR count). The van der Waals surface area contributed by atoms with Crippen molar-refractivity contribution in [2.45, 2.75) is 32.9 Å². The summed E-state index contributed by atoms with van der Waals surface area (Å²) in [5.41, 5.74) is 2.73. The van der Waals surface area contributed by atoms with Crippen molar-refractivity contribution in [3.05, 3.63) is 29.8 Å². The number of rotatable bonds is 2. The number of fused-ring (bicyclic) bond motifs is 1. The molecule has 1 aromatic carbocycles. The van der Waals surface area contributed by atoms with Crippen molar-refractivity contribution < 1.29 is 0 Å². The molecule has 0 saturated heterocycles. The predicted molar refractivity (Wildman–Crippen MR) is 65.1 cm³/mol. The lowest BCUT2D eigenvalue weighted by Gasteiger charge is -2.25. The number of para-hydroxylation sites is 1. The molecule has 2 nitrogen and oxygen atoms in total. The van der Waals surface area contributed by atoms with Gasteiger partial charge in [-0.1, -0.05) is 25.1 Å². The van der Waals surface area contributed by atoms with E-state index in [0.29, 0.717) is 6.04 Å². The molecule has 0 aromatic heterocycles. The van der Waals surface area contributed by atoms with E-state index in [-0.39, 0.29) is 0 Å². The SMILES string of the molecule is CCCN1Cc2ccccc2NC[C@@H]1C.